The first-order valence-corrected chi connectivity index (χ1v) is 10.2. The Morgan fingerprint density at radius 1 is 1.11 bits per heavy atom. The zero-order valence-corrected chi connectivity index (χ0v) is 17.3. The van der Waals surface area contributed by atoms with Crippen molar-refractivity contribution < 1.29 is 19.3 Å². The van der Waals surface area contributed by atoms with Crippen LogP contribution in [-0.2, 0) is 17.9 Å². The summed E-state index contributed by atoms with van der Waals surface area (Å²) in [5, 5.41) is 3.09. The molecule has 0 spiro atoms. The molecule has 0 saturated carbocycles. The molecule has 1 fully saturated rings. The number of piperazine rings is 1. The van der Waals surface area contributed by atoms with Crippen LogP contribution in [-0.4, -0.2) is 45.2 Å². The van der Waals surface area contributed by atoms with Gasteiger partial charge in [0.1, 0.15) is 38.5 Å². The van der Waals surface area contributed by atoms with Crippen molar-refractivity contribution in [3.05, 3.63) is 65.2 Å². The lowest BCUT2D eigenvalue weighted by atomic mass is 10.1. The number of aryl methyl sites for hydroxylation is 1. The Hall–Kier alpha value is -2.37. The van der Waals surface area contributed by atoms with Gasteiger partial charge in [0.25, 0.3) is 5.91 Å². The maximum absolute atomic E-state index is 12.6. The molecule has 5 nitrogen and oxygen atoms in total. The standard InChI is InChI=1S/C23H31N3O2/c1-18-9-10-22(28-3)21(15-18)17-25-11-13-26(14-12-25)19(2)23(27)24-16-20-7-5-4-6-8-20/h4-10,15,19H,11-14,16-17H2,1-3H3,(H,24,27)/p+2/t19-/m1/s1. The Morgan fingerprint density at radius 2 is 1.82 bits per heavy atom. The minimum Gasteiger partial charge on any atom is -0.496 e. The fourth-order valence-corrected chi connectivity index (χ4v) is 3.97. The summed E-state index contributed by atoms with van der Waals surface area (Å²) in [6, 6.07) is 16.4. The van der Waals surface area contributed by atoms with E-state index in [9.17, 15) is 4.79 Å². The molecule has 0 aliphatic carbocycles. The molecular formula is C23H33N3O2+2. The molecule has 1 saturated heterocycles. The topological polar surface area (TPSA) is 47.2 Å². The number of rotatable bonds is 7. The summed E-state index contributed by atoms with van der Waals surface area (Å²) in [4.78, 5) is 15.5. The number of quaternary nitrogens is 2. The van der Waals surface area contributed by atoms with Gasteiger partial charge in [-0.25, -0.2) is 0 Å². The second-order valence-corrected chi connectivity index (χ2v) is 7.83. The van der Waals surface area contributed by atoms with Crippen LogP contribution in [0.15, 0.2) is 48.5 Å². The van der Waals surface area contributed by atoms with Crippen molar-refractivity contribution in [2.45, 2.75) is 33.0 Å². The predicted octanol–water partition coefficient (Wildman–Crippen LogP) is -0.00808. The van der Waals surface area contributed by atoms with E-state index in [2.05, 4.69) is 30.4 Å². The molecule has 1 aliphatic rings. The van der Waals surface area contributed by atoms with Crippen molar-refractivity contribution in [3.63, 3.8) is 0 Å². The van der Waals surface area contributed by atoms with E-state index >= 15 is 0 Å². The largest absolute Gasteiger partial charge is 0.496 e. The van der Waals surface area contributed by atoms with E-state index in [0.29, 0.717) is 6.54 Å². The van der Waals surface area contributed by atoms with E-state index in [0.717, 1.165) is 44.0 Å². The Kier molecular flexibility index (Phi) is 7.06. The fraction of sp³-hybridized carbons (Fsp3) is 0.435. The highest BCUT2D eigenvalue weighted by Crippen LogP contribution is 2.18. The van der Waals surface area contributed by atoms with E-state index in [-0.39, 0.29) is 11.9 Å². The molecule has 1 atom stereocenters. The van der Waals surface area contributed by atoms with E-state index < -0.39 is 0 Å². The van der Waals surface area contributed by atoms with E-state index in [4.69, 9.17) is 4.74 Å². The van der Waals surface area contributed by atoms with Crippen LogP contribution in [0.5, 0.6) is 5.75 Å². The number of methoxy groups -OCH3 is 1. The third-order valence-corrected chi connectivity index (χ3v) is 5.79. The number of amides is 1. The van der Waals surface area contributed by atoms with Crippen molar-refractivity contribution in [1.29, 1.82) is 0 Å². The number of hydrogen-bond donors (Lipinski definition) is 3. The quantitative estimate of drug-likeness (QED) is 0.630. The molecule has 1 amide bonds. The molecule has 0 bridgehead atoms. The van der Waals surface area contributed by atoms with Crippen LogP contribution < -0.4 is 19.9 Å². The van der Waals surface area contributed by atoms with Gasteiger partial charge < -0.3 is 19.9 Å². The van der Waals surface area contributed by atoms with Gasteiger partial charge in [0.15, 0.2) is 6.04 Å². The van der Waals surface area contributed by atoms with Crippen molar-refractivity contribution in [1.82, 2.24) is 5.32 Å². The van der Waals surface area contributed by atoms with Crippen LogP contribution in [0.2, 0.25) is 0 Å². The van der Waals surface area contributed by atoms with Crippen molar-refractivity contribution in [2.24, 2.45) is 0 Å². The molecule has 28 heavy (non-hydrogen) atoms. The van der Waals surface area contributed by atoms with Gasteiger partial charge in [-0.3, -0.25) is 4.79 Å². The SMILES string of the molecule is COc1ccc(C)cc1C[NH+]1CC[NH+]([C@H](C)C(=O)NCc2ccccc2)CC1. The number of carbonyl (C=O) groups excluding carboxylic acids is 1. The number of nitrogens with one attached hydrogen (secondary N) is 3. The molecule has 5 heteroatoms. The molecule has 0 aromatic heterocycles. The van der Waals surface area contributed by atoms with Crippen molar-refractivity contribution in [3.8, 4) is 5.75 Å². The Labute approximate surface area is 168 Å². The molecular weight excluding hydrogens is 350 g/mol. The highest BCUT2D eigenvalue weighted by Gasteiger charge is 2.31. The highest BCUT2D eigenvalue weighted by molar-refractivity contribution is 5.79. The lowest BCUT2D eigenvalue weighted by Crippen LogP contribution is -3.29. The maximum Gasteiger partial charge on any atom is 0.278 e. The number of ether oxygens (including phenoxy) is 1. The monoisotopic (exact) mass is 383 g/mol. The minimum atomic E-state index is -0.0150. The first-order chi connectivity index (χ1) is 13.6. The predicted molar refractivity (Wildman–Crippen MR) is 111 cm³/mol. The van der Waals surface area contributed by atoms with Gasteiger partial charge in [0.05, 0.1) is 7.11 Å². The summed E-state index contributed by atoms with van der Waals surface area (Å²) in [7, 11) is 1.74. The Morgan fingerprint density at radius 3 is 2.50 bits per heavy atom. The maximum atomic E-state index is 12.6. The van der Waals surface area contributed by atoms with E-state index in [1.54, 1.807) is 12.0 Å². The summed E-state index contributed by atoms with van der Waals surface area (Å²) in [5.41, 5.74) is 3.68. The van der Waals surface area contributed by atoms with Gasteiger partial charge in [-0.1, -0.05) is 42.0 Å². The lowest BCUT2D eigenvalue weighted by molar-refractivity contribution is -1.02. The minimum absolute atomic E-state index is 0.0150. The Bertz CT molecular complexity index is 771. The van der Waals surface area contributed by atoms with Gasteiger partial charge in [0, 0.05) is 12.1 Å². The Balaban J connectivity index is 1.48. The lowest BCUT2D eigenvalue weighted by Gasteiger charge is -2.32. The van der Waals surface area contributed by atoms with Gasteiger partial charge in [-0.15, -0.1) is 0 Å². The number of benzene rings is 2. The van der Waals surface area contributed by atoms with Gasteiger partial charge in [0.2, 0.25) is 0 Å². The van der Waals surface area contributed by atoms with Crippen LogP contribution in [0.1, 0.15) is 23.6 Å². The zero-order chi connectivity index (χ0) is 19.9. The molecule has 150 valence electrons. The van der Waals surface area contributed by atoms with Gasteiger partial charge >= 0.3 is 0 Å². The van der Waals surface area contributed by atoms with Crippen LogP contribution in [0.4, 0.5) is 0 Å². The van der Waals surface area contributed by atoms with Crippen LogP contribution >= 0.6 is 0 Å². The smallest absolute Gasteiger partial charge is 0.278 e. The molecule has 2 aromatic carbocycles. The zero-order valence-electron chi connectivity index (χ0n) is 17.3. The first kappa shape index (κ1) is 20.4. The van der Waals surface area contributed by atoms with Gasteiger partial charge in [-0.05, 0) is 31.5 Å². The second kappa shape index (κ2) is 9.71. The first-order valence-electron chi connectivity index (χ1n) is 10.2. The summed E-state index contributed by atoms with van der Waals surface area (Å²) in [5.74, 6) is 1.11. The highest BCUT2D eigenvalue weighted by atomic mass is 16.5. The van der Waals surface area contributed by atoms with E-state index in [1.807, 2.05) is 37.3 Å². The fourth-order valence-electron chi connectivity index (χ4n) is 3.97. The summed E-state index contributed by atoms with van der Waals surface area (Å²) >= 11 is 0. The van der Waals surface area contributed by atoms with Crippen molar-refractivity contribution >= 4 is 5.91 Å². The van der Waals surface area contributed by atoms with Crippen LogP contribution in [0.3, 0.4) is 0 Å². The average Bonchev–Trinajstić information content (AvgIpc) is 2.73. The average molecular weight is 384 g/mol. The molecule has 0 radical (unpaired) electrons. The summed E-state index contributed by atoms with van der Waals surface area (Å²) in [6.07, 6.45) is 0. The summed E-state index contributed by atoms with van der Waals surface area (Å²) in [6.45, 7) is 9.92. The molecule has 3 N–H and O–H groups in total. The third kappa shape index (κ3) is 5.33. The third-order valence-electron chi connectivity index (χ3n) is 5.79. The molecule has 2 aromatic rings. The second-order valence-electron chi connectivity index (χ2n) is 7.83. The number of carbonyl (C=O) groups is 1. The molecule has 3 rings (SSSR count). The van der Waals surface area contributed by atoms with Crippen LogP contribution in [0.25, 0.3) is 0 Å². The summed E-state index contributed by atoms with van der Waals surface area (Å²) < 4.78 is 5.52. The molecule has 1 heterocycles. The van der Waals surface area contributed by atoms with Crippen molar-refractivity contribution in [2.75, 3.05) is 33.3 Å². The van der Waals surface area contributed by atoms with Crippen LogP contribution in [0, 0.1) is 6.92 Å². The molecule has 0 unspecified atom stereocenters. The van der Waals surface area contributed by atoms with E-state index in [1.165, 1.54) is 16.0 Å². The number of hydrogen-bond acceptors (Lipinski definition) is 2. The molecule has 1 aliphatic heterocycles. The van der Waals surface area contributed by atoms with Gasteiger partial charge in [-0.2, -0.15) is 0 Å². The normalized spacial score (nSPS) is 20.4.